The molecule has 0 atom stereocenters. The lowest BCUT2D eigenvalue weighted by atomic mass is 10.4. The average molecular weight is 341 g/mol. The van der Waals surface area contributed by atoms with Crippen molar-refractivity contribution >= 4 is 22.7 Å². The molecule has 112 valence electrons. The number of nitrogens with zero attached hydrogens (tertiary/aromatic N) is 5. The fourth-order valence-corrected chi connectivity index (χ4v) is 3.21. The van der Waals surface area contributed by atoms with Gasteiger partial charge in [0.2, 0.25) is 11.8 Å². The standard InChI is InChI=1S/C14H7N5O2S2/c1-7-16-10(5-22-7)13-18-9(4-21-13)14-19-11(6-23-14)12-17-8(2-15)3-20-12/h3-6H,1H3. The Morgan fingerprint density at radius 3 is 2.39 bits per heavy atom. The number of hydrogen-bond donors (Lipinski definition) is 0. The minimum atomic E-state index is 0.220. The van der Waals surface area contributed by atoms with Crippen molar-refractivity contribution in [3.8, 4) is 39.9 Å². The summed E-state index contributed by atoms with van der Waals surface area (Å²) in [5.74, 6) is 0.770. The molecule has 0 aromatic carbocycles. The van der Waals surface area contributed by atoms with Crippen LogP contribution in [0.5, 0.6) is 0 Å². The summed E-state index contributed by atoms with van der Waals surface area (Å²) in [7, 11) is 0. The van der Waals surface area contributed by atoms with Crippen LogP contribution in [-0.4, -0.2) is 19.9 Å². The van der Waals surface area contributed by atoms with Crippen molar-refractivity contribution in [1.29, 1.82) is 5.26 Å². The number of aryl methyl sites for hydroxylation is 1. The average Bonchev–Trinajstić information content (AvgIpc) is 3.32. The van der Waals surface area contributed by atoms with E-state index in [0.717, 1.165) is 5.01 Å². The first-order chi connectivity index (χ1) is 11.2. The number of hydrogen-bond acceptors (Lipinski definition) is 9. The van der Waals surface area contributed by atoms with Crippen LogP contribution in [0.1, 0.15) is 10.7 Å². The molecule has 0 aliphatic rings. The third-order valence-corrected chi connectivity index (χ3v) is 4.54. The smallest absolute Gasteiger partial charge is 0.247 e. The molecule has 4 aromatic heterocycles. The molecule has 9 heteroatoms. The second-order valence-electron chi connectivity index (χ2n) is 4.48. The Bertz CT molecular complexity index is 1020. The van der Waals surface area contributed by atoms with Crippen LogP contribution >= 0.6 is 22.7 Å². The van der Waals surface area contributed by atoms with Crippen LogP contribution in [0.4, 0.5) is 0 Å². The topological polar surface area (TPSA) is 102 Å². The summed E-state index contributed by atoms with van der Waals surface area (Å²) >= 11 is 2.93. The third-order valence-electron chi connectivity index (χ3n) is 2.90. The van der Waals surface area contributed by atoms with Gasteiger partial charge in [0.1, 0.15) is 40.7 Å². The molecule has 0 N–H and O–H groups in total. The minimum absolute atomic E-state index is 0.220. The van der Waals surface area contributed by atoms with E-state index in [9.17, 15) is 0 Å². The highest BCUT2D eigenvalue weighted by Crippen LogP contribution is 2.30. The van der Waals surface area contributed by atoms with E-state index in [4.69, 9.17) is 14.1 Å². The molecule has 0 bridgehead atoms. The van der Waals surface area contributed by atoms with Crippen LogP contribution in [0.25, 0.3) is 33.9 Å². The van der Waals surface area contributed by atoms with Crippen LogP contribution < -0.4 is 0 Å². The van der Waals surface area contributed by atoms with Crippen molar-refractivity contribution in [3.05, 3.63) is 34.0 Å². The molecule has 4 rings (SSSR count). The van der Waals surface area contributed by atoms with Crippen LogP contribution in [-0.2, 0) is 0 Å². The third kappa shape index (κ3) is 2.54. The normalized spacial score (nSPS) is 10.8. The molecule has 0 spiro atoms. The van der Waals surface area contributed by atoms with E-state index in [0.29, 0.717) is 33.9 Å². The van der Waals surface area contributed by atoms with Gasteiger partial charge in [0.25, 0.3) is 0 Å². The first-order valence-corrected chi connectivity index (χ1v) is 8.19. The maximum Gasteiger partial charge on any atom is 0.247 e. The molecule has 7 nitrogen and oxygen atoms in total. The van der Waals surface area contributed by atoms with E-state index in [2.05, 4.69) is 19.9 Å². The van der Waals surface area contributed by atoms with Gasteiger partial charge >= 0.3 is 0 Å². The zero-order valence-electron chi connectivity index (χ0n) is 11.7. The SMILES string of the molecule is Cc1nc(-c2nc(-c3nc(-c4nc(C#N)co4)cs3)co2)cs1. The maximum absolute atomic E-state index is 8.78. The van der Waals surface area contributed by atoms with Crippen molar-refractivity contribution in [2.24, 2.45) is 0 Å². The molecule has 0 amide bonds. The van der Waals surface area contributed by atoms with Crippen LogP contribution in [0.15, 0.2) is 32.1 Å². The van der Waals surface area contributed by atoms with Crippen LogP contribution in [0.3, 0.4) is 0 Å². The Hall–Kier alpha value is -2.83. The molecule has 0 radical (unpaired) electrons. The summed E-state index contributed by atoms with van der Waals surface area (Å²) in [5, 5.41) is 14.1. The zero-order chi connectivity index (χ0) is 15.8. The van der Waals surface area contributed by atoms with Gasteiger partial charge in [-0.05, 0) is 6.92 Å². The summed E-state index contributed by atoms with van der Waals surface area (Å²) in [6, 6.07) is 1.92. The first kappa shape index (κ1) is 13.8. The van der Waals surface area contributed by atoms with Gasteiger partial charge in [0, 0.05) is 10.8 Å². The number of oxazole rings is 2. The van der Waals surface area contributed by atoms with E-state index in [1.807, 2.05) is 18.4 Å². The van der Waals surface area contributed by atoms with Crippen molar-refractivity contribution in [2.45, 2.75) is 6.92 Å². The minimum Gasteiger partial charge on any atom is -0.443 e. The van der Waals surface area contributed by atoms with Crippen molar-refractivity contribution in [2.75, 3.05) is 0 Å². The van der Waals surface area contributed by atoms with Gasteiger partial charge in [-0.3, -0.25) is 0 Å². The lowest BCUT2D eigenvalue weighted by Crippen LogP contribution is -1.81. The predicted molar refractivity (Wildman–Crippen MR) is 83.7 cm³/mol. The Morgan fingerprint density at radius 2 is 1.65 bits per heavy atom. The zero-order valence-corrected chi connectivity index (χ0v) is 13.3. The molecular weight excluding hydrogens is 334 g/mol. The maximum atomic E-state index is 8.78. The largest absolute Gasteiger partial charge is 0.443 e. The van der Waals surface area contributed by atoms with Gasteiger partial charge < -0.3 is 8.83 Å². The first-order valence-electron chi connectivity index (χ1n) is 6.43. The van der Waals surface area contributed by atoms with Crippen molar-refractivity contribution in [1.82, 2.24) is 19.9 Å². The number of nitriles is 1. The van der Waals surface area contributed by atoms with E-state index >= 15 is 0 Å². The Balaban J connectivity index is 1.64. The lowest BCUT2D eigenvalue weighted by molar-refractivity contribution is 0.571. The van der Waals surface area contributed by atoms with Crippen LogP contribution in [0, 0.1) is 18.3 Å². The highest BCUT2D eigenvalue weighted by atomic mass is 32.1. The molecular formula is C14H7N5O2S2. The number of aromatic nitrogens is 4. The van der Waals surface area contributed by atoms with Gasteiger partial charge in [-0.2, -0.15) is 10.2 Å². The Kier molecular flexibility index (Phi) is 3.25. The van der Waals surface area contributed by atoms with E-state index in [-0.39, 0.29) is 5.69 Å². The molecule has 0 aliphatic carbocycles. The van der Waals surface area contributed by atoms with Crippen LogP contribution in [0.2, 0.25) is 0 Å². The summed E-state index contributed by atoms with van der Waals surface area (Å²) in [6.45, 7) is 1.93. The fourth-order valence-electron chi connectivity index (χ4n) is 1.88. The second kappa shape index (κ2) is 5.42. The lowest BCUT2D eigenvalue weighted by Gasteiger charge is -1.87. The molecule has 0 saturated carbocycles. The van der Waals surface area contributed by atoms with Gasteiger partial charge in [0.05, 0.1) is 5.01 Å². The van der Waals surface area contributed by atoms with E-state index < -0.39 is 0 Å². The molecule has 4 heterocycles. The predicted octanol–water partition coefficient (Wildman–Crippen LogP) is 3.76. The van der Waals surface area contributed by atoms with Gasteiger partial charge in [-0.25, -0.2) is 15.0 Å². The van der Waals surface area contributed by atoms with Gasteiger partial charge in [-0.15, -0.1) is 22.7 Å². The summed E-state index contributed by atoms with van der Waals surface area (Å²) in [4.78, 5) is 17.2. The van der Waals surface area contributed by atoms with E-state index in [1.165, 1.54) is 28.9 Å². The quantitative estimate of drug-likeness (QED) is 0.559. The van der Waals surface area contributed by atoms with Crippen molar-refractivity contribution < 1.29 is 8.83 Å². The molecule has 23 heavy (non-hydrogen) atoms. The number of rotatable bonds is 3. The second-order valence-corrected chi connectivity index (χ2v) is 6.40. The molecule has 0 unspecified atom stereocenters. The monoisotopic (exact) mass is 341 g/mol. The summed E-state index contributed by atoms with van der Waals surface area (Å²) < 4.78 is 10.7. The van der Waals surface area contributed by atoms with E-state index in [1.54, 1.807) is 11.6 Å². The molecule has 0 saturated heterocycles. The summed E-state index contributed by atoms with van der Waals surface area (Å²) in [6.07, 6.45) is 2.84. The highest BCUT2D eigenvalue weighted by molar-refractivity contribution is 7.13. The van der Waals surface area contributed by atoms with Gasteiger partial charge in [0.15, 0.2) is 5.69 Å². The van der Waals surface area contributed by atoms with Gasteiger partial charge in [-0.1, -0.05) is 0 Å². The molecule has 0 aliphatic heterocycles. The van der Waals surface area contributed by atoms with Crippen molar-refractivity contribution in [3.63, 3.8) is 0 Å². The fraction of sp³-hybridized carbons (Fsp3) is 0.0714. The summed E-state index contributed by atoms with van der Waals surface area (Å²) in [5.41, 5.74) is 2.11. The Labute approximate surface area is 137 Å². The molecule has 0 fully saturated rings. The highest BCUT2D eigenvalue weighted by Gasteiger charge is 2.16. The number of thiazole rings is 2. The molecule has 4 aromatic rings. The Morgan fingerprint density at radius 1 is 0.913 bits per heavy atom.